The van der Waals surface area contributed by atoms with Crippen LogP contribution in [0.2, 0.25) is 0 Å². The lowest BCUT2D eigenvalue weighted by Crippen LogP contribution is -2.50. The Labute approximate surface area is 199 Å². The maximum absolute atomic E-state index is 13.6. The van der Waals surface area contributed by atoms with Gasteiger partial charge in [0.15, 0.2) is 0 Å². The maximum Gasteiger partial charge on any atom is 0.294 e. The minimum atomic E-state index is -0.638. The van der Waals surface area contributed by atoms with E-state index in [1.54, 1.807) is 38.5 Å². The summed E-state index contributed by atoms with van der Waals surface area (Å²) in [6, 6.07) is 5.01. The Kier molecular flexibility index (Phi) is 6.89. The van der Waals surface area contributed by atoms with Crippen molar-refractivity contribution >= 4 is 23.3 Å². The van der Waals surface area contributed by atoms with Gasteiger partial charge < -0.3 is 20.1 Å². The number of Topliss-reactive ketones (excluding diaryl/α,β-unsaturated/α-hetero) is 1. The highest BCUT2D eigenvalue weighted by Gasteiger charge is 2.32. The number of aromatic nitrogens is 1. The zero-order valence-electron chi connectivity index (χ0n) is 20.3. The van der Waals surface area contributed by atoms with Crippen LogP contribution in [0, 0.1) is 26.6 Å². The Hall–Kier alpha value is -3.00. The molecular weight excluding hydrogens is 435 g/mol. The average molecular weight is 469 g/mol. The van der Waals surface area contributed by atoms with Crippen molar-refractivity contribution < 1.29 is 18.8 Å². The van der Waals surface area contributed by atoms with Crippen LogP contribution in [-0.4, -0.2) is 52.2 Å². The van der Waals surface area contributed by atoms with Gasteiger partial charge in [0.2, 0.25) is 0 Å². The first-order valence-corrected chi connectivity index (χ1v) is 12.0. The smallest absolute Gasteiger partial charge is 0.294 e. The van der Waals surface area contributed by atoms with Crippen molar-refractivity contribution in [2.24, 2.45) is 7.05 Å². The van der Waals surface area contributed by atoms with Crippen molar-refractivity contribution in [2.75, 3.05) is 18.4 Å². The van der Waals surface area contributed by atoms with Gasteiger partial charge in [-0.15, -0.1) is 0 Å². The lowest BCUT2D eigenvalue weighted by molar-refractivity contribution is -0.118. The average Bonchev–Trinajstić information content (AvgIpc) is 2.98. The van der Waals surface area contributed by atoms with E-state index in [9.17, 15) is 18.8 Å². The van der Waals surface area contributed by atoms with Crippen LogP contribution in [0.4, 0.5) is 10.1 Å². The molecule has 1 saturated heterocycles. The molecule has 1 aliphatic carbocycles. The first-order valence-electron chi connectivity index (χ1n) is 12.0. The number of likely N-dealkylation sites (tertiary alicyclic amines) is 1. The van der Waals surface area contributed by atoms with E-state index in [1.807, 2.05) is 0 Å². The molecular formula is C26H33FN4O3. The molecule has 0 bridgehead atoms. The van der Waals surface area contributed by atoms with Gasteiger partial charge in [0.05, 0.1) is 11.3 Å². The van der Waals surface area contributed by atoms with Crippen molar-refractivity contribution in [2.45, 2.75) is 65.0 Å². The van der Waals surface area contributed by atoms with E-state index in [0.29, 0.717) is 34.1 Å². The highest BCUT2D eigenvalue weighted by atomic mass is 19.1. The minimum absolute atomic E-state index is 0.0149. The maximum atomic E-state index is 13.6. The highest BCUT2D eigenvalue weighted by molar-refractivity contribution is 6.43. The van der Waals surface area contributed by atoms with Gasteiger partial charge in [-0.05, 0) is 75.8 Å². The highest BCUT2D eigenvalue weighted by Crippen LogP contribution is 2.28. The van der Waals surface area contributed by atoms with E-state index in [-0.39, 0.29) is 17.6 Å². The predicted octanol–water partition coefficient (Wildman–Crippen LogP) is 3.66. The van der Waals surface area contributed by atoms with Crippen molar-refractivity contribution in [3.05, 3.63) is 52.1 Å². The molecule has 2 heterocycles. The van der Waals surface area contributed by atoms with Crippen molar-refractivity contribution in [1.82, 2.24) is 14.8 Å². The largest absolute Gasteiger partial charge is 0.346 e. The molecule has 1 saturated carbocycles. The number of piperidine rings is 1. The van der Waals surface area contributed by atoms with E-state index in [2.05, 4.69) is 15.5 Å². The fourth-order valence-corrected chi connectivity index (χ4v) is 5.07. The van der Waals surface area contributed by atoms with E-state index in [1.165, 1.54) is 31.4 Å². The van der Waals surface area contributed by atoms with Crippen molar-refractivity contribution in [3.63, 3.8) is 0 Å². The second-order valence-corrected chi connectivity index (χ2v) is 9.61. The van der Waals surface area contributed by atoms with Gasteiger partial charge in [0, 0.05) is 43.6 Å². The van der Waals surface area contributed by atoms with Gasteiger partial charge >= 0.3 is 0 Å². The van der Waals surface area contributed by atoms with Crippen molar-refractivity contribution in [1.29, 1.82) is 0 Å². The molecule has 0 unspecified atom stereocenters. The van der Waals surface area contributed by atoms with Gasteiger partial charge in [-0.25, -0.2) is 4.39 Å². The molecule has 2 aromatic rings. The summed E-state index contributed by atoms with van der Waals surface area (Å²) >= 11 is 0. The first kappa shape index (κ1) is 24.1. The normalized spacial score (nSPS) is 17.3. The lowest BCUT2D eigenvalue weighted by atomic mass is 9.89. The topological polar surface area (TPSA) is 83.4 Å². The third-order valence-electron chi connectivity index (χ3n) is 7.45. The van der Waals surface area contributed by atoms with Gasteiger partial charge in [-0.2, -0.15) is 0 Å². The molecule has 2 aliphatic rings. The number of benzene rings is 1. The summed E-state index contributed by atoms with van der Waals surface area (Å²) in [5.74, 6) is -2.02. The Balaban J connectivity index is 1.44. The predicted molar refractivity (Wildman–Crippen MR) is 129 cm³/mol. The van der Waals surface area contributed by atoms with E-state index in [0.717, 1.165) is 25.9 Å². The summed E-state index contributed by atoms with van der Waals surface area (Å²) in [4.78, 5) is 41.4. The third-order valence-corrected chi connectivity index (χ3v) is 7.45. The number of anilines is 1. The molecule has 8 heteroatoms. The van der Waals surface area contributed by atoms with Crippen LogP contribution in [0.25, 0.3) is 0 Å². The molecule has 4 rings (SSSR count). The van der Waals surface area contributed by atoms with Gasteiger partial charge in [0.25, 0.3) is 17.6 Å². The van der Waals surface area contributed by atoms with Crippen LogP contribution in [-0.2, 0) is 11.8 Å². The summed E-state index contributed by atoms with van der Waals surface area (Å²) < 4.78 is 15.2. The number of aryl methyl sites for hydroxylation is 1. The molecule has 1 aliphatic heterocycles. The fourth-order valence-electron chi connectivity index (χ4n) is 5.07. The number of amides is 2. The summed E-state index contributed by atoms with van der Waals surface area (Å²) in [6.07, 6.45) is 5.50. The summed E-state index contributed by atoms with van der Waals surface area (Å²) in [7, 11) is 1.68. The van der Waals surface area contributed by atoms with E-state index < -0.39 is 17.6 Å². The Morgan fingerprint density at radius 1 is 1.03 bits per heavy atom. The molecule has 0 radical (unpaired) electrons. The van der Waals surface area contributed by atoms with Crippen LogP contribution < -0.4 is 10.6 Å². The molecule has 0 spiro atoms. The quantitative estimate of drug-likeness (QED) is 0.501. The van der Waals surface area contributed by atoms with Crippen LogP contribution in [0.3, 0.4) is 0 Å². The number of ketones is 1. The van der Waals surface area contributed by atoms with Crippen LogP contribution in [0.15, 0.2) is 18.2 Å². The zero-order valence-corrected chi connectivity index (χ0v) is 20.3. The molecule has 1 aromatic heterocycles. The summed E-state index contributed by atoms with van der Waals surface area (Å²) in [5, 5.41) is 5.68. The number of hydrogen-bond donors (Lipinski definition) is 2. The first-order chi connectivity index (χ1) is 16.2. The third kappa shape index (κ3) is 4.64. The standard InChI is InChI=1S/C26H33FN4O3/c1-15-14-19(8-9-21(15)27)29-25(33)22-16(2)23(30(4)17(22)3)24(32)26(34)28-18-10-12-31(13-11-18)20-6-5-7-20/h8-9,14,18,20H,5-7,10-13H2,1-4H3,(H,28,34)(H,29,33). The number of halogens is 1. The van der Waals surface area contributed by atoms with Crippen LogP contribution in [0.1, 0.15) is 69.8 Å². The Bertz CT molecular complexity index is 1130. The molecule has 1 aromatic carbocycles. The SMILES string of the molecule is Cc1cc(NC(=O)c2c(C)c(C(=O)C(=O)NC3CCN(C4CCC4)CC3)n(C)c2C)ccc1F. The molecule has 2 amide bonds. The second kappa shape index (κ2) is 9.70. The number of rotatable bonds is 6. The number of carbonyl (C=O) groups excluding carboxylic acids is 3. The number of carbonyl (C=O) groups is 3. The molecule has 0 atom stereocenters. The zero-order chi connectivity index (χ0) is 24.6. The Morgan fingerprint density at radius 2 is 1.71 bits per heavy atom. The van der Waals surface area contributed by atoms with Crippen LogP contribution >= 0.6 is 0 Å². The van der Waals surface area contributed by atoms with Crippen molar-refractivity contribution in [3.8, 4) is 0 Å². The van der Waals surface area contributed by atoms with Gasteiger partial charge in [-0.1, -0.05) is 6.42 Å². The minimum Gasteiger partial charge on any atom is -0.346 e. The summed E-state index contributed by atoms with van der Waals surface area (Å²) in [6.45, 7) is 6.92. The molecule has 7 nitrogen and oxygen atoms in total. The lowest BCUT2D eigenvalue weighted by Gasteiger charge is -2.41. The monoisotopic (exact) mass is 468 g/mol. The van der Waals surface area contributed by atoms with Gasteiger partial charge in [0.1, 0.15) is 5.82 Å². The van der Waals surface area contributed by atoms with Gasteiger partial charge in [-0.3, -0.25) is 14.4 Å². The number of nitrogens with zero attached hydrogens (tertiary/aromatic N) is 2. The Morgan fingerprint density at radius 3 is 2.29 bits per heavy atom. The summed E-state index contributed by atoms with van der Waals surface area (Å²) in [5.41, 5.74) is 2.47. The second-order valence-electron chi connectivity index (χ2n) is 9.61. The number of nitrogens with one attached hydrogen (secondary N) is 2. The van der Waals surface area contributed by atoms with E-state index in [4.69, 9.17) is 0 Å². The fraction of sp³-hybridized carbons (Fsp3) is 0.500. The number of hydrogen-bond acceptors (Lipinski definition) is 4. The molecule has 2 N–H and O–H groups in total. The molecule has 34 heavy (non-hydrogen) atoms. The molecule has 182 valence electrons. The van der Waals surface area contributed by atoms with Crippen LogP contribution in [0.5, 0.6) is 0 Å². The van der Waals surface area contributed by atoms with E-state index >= 15 is 0 Å². The molecule has 2 fully saturated rings.